The normalized spacial score (nSPS) is 9.88. The van der Waals surface area contributed by atoms with E-state index in [1.165, 1.54) is 18.2 Å². The van der Waals surface area contributed by atoms with Crippen molar-refractivity contribution in [3.8, 4) is 0 Å². The van der Waals surface area contributed by atoms with Crippen molar-refractivity contribution >= 4 is 40.7 Å². The summed E-state index contributed by atoms with van der Waals surface area (Å²) in [6, 6.07) is 4.08. The summed E-state index contributed by atoms with van der Waals surface area (Å²) >= 11 is 11.3. The molecule has 0 saturated carbocycles. The highest BCUT2D eigenvalue weighted by Crippen LogP contribution is 2.23. The van der Waals surface area contributed by atoms with Gasteiger partial charge in [-0.3, -0.25) is 9.59 Å². The third-order valence-electron chi connectivity index (χ3n) is 1.80. The van der Waals surface area contributed by atoms with Crippen LogP contribution in [0.15, 0.2) is 18.2 Å². The van der Waals surface area contributed by atoms with Gasteiger partial charge in [0.25, 0.3) is 0 Å². The van der Waals surface area contributed by atoms with Gasteiger partial charge in [0, 0.05) is 5.56 Å². The molecule has 0 heterocycles. The van der Waals surface area contributed by atoms with Gasteiger partial charge in [-0.25, -0.2) is 4.79 Å². The number of aliphatic carboxylic acids is 1. The van der Waals surface area contributed by atoms with Crippen molar-refractivity contribution in [2.24, 2.45) is 0 Å². The number of rotatable bonds is 4. The van der Waals surface area contributed by atoms with E-state index in [4.69, 9.17) is 28.3 Å². The Bertz CT molecular complexity index is 468. The van der Waals surface area contributed by atoms with Crippen molar-refractivity contribution in [3.63, 3.8) is 0 Å². The number of carboxylic acid groups (broad SMARTS) is 1. The maximum Gasteiger partial charge on any atom is 0.372 e. The average Bonchev–Trinajstić information content (AvgIpc) is 2.21. The fourth-order valence-corrected chi connectivity index (χ4v) is 1.29. The highest BCUT2D eigenvalue weighted by Gasteiger charge is 2.18. The van der Waals surface area contributed by atoms with E-state index in [-0.39, 0.29) is 15.6 Å². The van der Waals surface area contributed by atoms with Gasteiger partial charge in [-0.05, 0) is 18.2 Å². The summed E-state index contributed by atoms with van der Waals surface area (Å²) in [5, 5.41) is 8.78. The summed E-state index contributed by atoms with van der Waals surface area (Å²) in [4.78, 5) is 32.5. The molecule has 0 spiro atoms. The van der Waals surface area contributed by atoms with Crippen molar-refractivity contribution in [1.29, 1.82) is 0 Å². The van der Waals surface area contributed by atoms with Crippen LogP contribution in [0.2, 0.25) is 10.0 Å². The largest absolute Gasteiger partial charge is 0.475 e. The Morgan fingerprint density at radius 2 is 1.75 bits per heavy atom. The molecule has 6 heteroatoms. The summed E-state index contributed by atoms with van der Waals surface area (Å²) in [7, 11) is 0. The van der Waals surface area contributed by atoms with Gasteiger partial charge in [-0.15, -0.1) is 0 Å². The first kappa shape index (κ1) is 12.7. The van der Waals surface area contributed by atoms with E-state index in [1.54, 1.807) is 0 Å². The van der Waals surface area contributed by atoms with Crippen LogP contribution >= 0.6 is 23.2 Å². The van der Waals surface area contributed by atoms with E-state index in [9.17, 15) is 14.4 Å². The molecule has 0 aromatic heterocycles. The maximum absolute atomic E-state index is 11.4. The van der Waals surface area contributed by atoms with E-state index >= 15 is 0 Å². The zero-order chi connectivity index (χ0) is 12.3. The maximum atomic E-state index is 11.4. The molecule has 0 unspecified atom stereocenters. The van der Waals surface area contributed by atoms with Crippen LogP contribution in [-0.4, -0.2) is 22.6 Å². The van der Waals surface area contributed by atoms with Crippen molar-refractivity contribution in [1.82, 2.24) is 0 Å². The second-order valence-electron chi connectivity index (χ2n) is 2.96. The van der Waals surface area contributed by atoms with Crippen molar-refractivity contribution in [3.05, 3.63) is 33.8 Å². The Hall–Kier alpha value is -1.39. The summed E-state index contributed by atoms with van der Waals surface area (Å²) < 4.78 is 0. The molecule has 1 aromatic rings. The van der Waals surface area contributed by atoms with Crippen LogP contribution in [-0.2, 0) is 9.59 Å². The monoisotopic (exact) mass is 260 g/mol. The van der Waals surface area contributed by atoms with Crippen LogP contribution in [0.3, 0.4) is 0 Å². The molecular weight excluding hydrogens is 255 g/mol. The molecule has 16 heavy (non-hydrogen) atoms. The van der Waals surface area contributed by atoms with E-state index < -0.39 is 24.0 Å². The molecule has 0 atom stereocenters. The molecule has 0 aliphatic heterocycles. The molecule has 0 saturated heterocycles. The van der Waals surface area contributed by atoms with Gasteiger partial charge in [0.1, 0.15) is 0 Å². The number of carboxylic acids is 1. The summed E-state index contributed by atoms with van der Waals surface area (Å²) in [5.74, 6) is -3.39. The van der Waals surface area contributed by atoms with Crippen LogP contribution in [0.25, 0.3) is 0 Å². The van der Waals surface area contributed by atoms with Gasteiger partial charge in [0.05, 0.1) is 16.5 Å². The molecule has 0 amide bonds. The van der Waals surface area contributed by atoms with Gasteiger partial charge >= 0.3 is 5.97 Å². The number of carbonyl (C=O) groups is 3. The number of ketones is 2. The number of hydrogen-bond donors (Lipinski definition) is 1. The predicted molar refractivity (Wildman–Crippen MR) is 58.1 cm³/mol. The highest BCUT2D eigenvalue weighted by molar-refractivity contribution is 6.42. The van der Waals surface area contributed by atoms with Gasteiger partial charge in [0.2, 0.25) is 5.78 Å². The minimum atomic E-state index is -1.63. The summed E-state index contributed by atoms with van der Waals surface area (Å²) in [6.07, 6.45) is -0.687. The second-order valence-corrected chi connectivity index (χ2v) is 3.77. The van der Waals surface area contributed by atoms with Crippen molar-refractivity contribution < 1.29 is 19.5 Å². The minimum Gasteiger partial charge on any atom is -0.475 e. The lowest BCUT2D eigenvalue weighted by Crippen LogP contribution is -2.17. The van der Waals surface area contributed by atoms with E-state index in [0.717, 1.165) is 0 Å². The van der Waals surface area contributed by atoms with Crippen LogP contribution in [0.4, 0.5) is 0 Å². The molecule has 0 fully saturated rings. The molecule has 0 aliphatic rings. The van der Waals surface area contributed by atoms with Gasteiger partial charge in [-0.2, -0.15) is 0 Å². The average molecular weight is 261 g/mol. The zero-order valence-electron chi connectivity index (χ0n) is 7.87. The topological polar surface area (TPSA) is 71.4 Å². The molecule has 0 aliphatic carbocycles. The van der Waals surface area contributed by atoms with Crippen molar-refractivity contribution in [2.75, 3.05) is 0 Å². The Morgan fingerprint density at radius 3 is 2.25 bits per heavy atom. The molecule has 84 valence electrons. The van der Waals surface area contributed by atoms with Crippen LogP contribution in [0.5, 0.6) is 0 Å². The van der Waals surface area contributed by atoms with Gasteiger partial charge in [0.15, 0.2) is 5.78 Å². The molecule has 0 radical (unpaired) electrons. The zero-order valence-corrected chi connectivity index (χ0v) is 9.38. The molecule has 0 bridgehead atoms. The van der Waals surface area contributed by atoms with Gasteiger partial charge < -0.3 is 5.11 Å². The second kappa shape index (κ2) is 5.09. The molecule has 1 rings (SSSR count). The Morgan fingerprint density at radius 1 is 1.12 bits per heavy atom. The lowest BCUT2D eigenvalue weighted by Gasteiger charge is -2.00. The third kappa shape index (κ3) is 3.05. The van der Waals surface area contributed by atoms with E-state index in [0.29, 0.717) is 0 Å². The predicted octanol–water partition coefficient (Wildman–Crippen LogP) is 2.22. The number of halogens is 2. The minimum absolute atomic E-state index is 0.156. The van der Waals surface area contributed by atoms with Gasteiger partial charge in [-0.1, -0.05) is 23.2 Å². The standard InChI is InChI=1S/C10H6Cl2O4/c11-6-2-1-5(3-7(6)12)8(13)4-9(14)10(15)16/h1-3H,4H2,(H,15,16). The number of hydrogen-bond acceptors (Lipinski definition) is 3. The first-order valence-corrected chi connectivity index (χ1v) is 4.92. The number of Topliss-reactive ketones (excluding diaryl/α,β-unsaturated/α-hetero) is 2. The fourth-order valence-electron chi connectivity index (χ4n) is 0.993. The Labute approximate surface area is 101 Å². The Kier molecular flexibility index (Phi) is 4.04. The number of benzene rings is 1. The number of carbonyl (C=O) groups excluding carboxylic acids is 2. The SMILES string of the molecule is O=C(O)C(=O)CC(=O)c1ccc(Cl)c(Cl)c1. The van der Waals surface area contributed by atoms with E-state index in [2.05, 4.69) is 0 Å². The molecule has 4 nitrogen and oxygen atoms in total. The Balaban J connectivity index is 2.85. The first-order chi connectivity index (χ1) is 7.41. The van der Waals surface area contributed by atoms with Crippen LogP contribution < -0.4 is 0 Å². The smallest absolute Gasteiger partial charge is 0.372 e. The van der Waals surface area contributed by atoms with Crippen LogP contribution in [0, 0.1) is 0 Å². The molecule has 1 N–H and O–H groups in total. The van der Waals surface area contributed by atoms with Crippen LogP contribution in [0.1, 0.15) is 16.8 Å². The van der Waals surface area contributed by atoms with Crippen molar-refractivity contribution in [2.45, 2.75) is 6.42 Å². The first-order valence-electron chi connectivity index (χ1n) is 4.16. The third-order valence-corrected chi connectivity index (χ3v) is 2.54. The lowest BCUT2D eigenvalue weighted by molar-refractivity contribution is -0.148. The molecule has 1 aromatic carbocycles. The summed E-state index contributed by atoms with van der Waals surface area (Å²) in [6.45, 7) is 0. The highest BCUT2D eigenvalue weighted by atomic mass is 35.5. The lowest BCUT2D eigenvalue weighted by atomic mass is 10.1. The molecular formula is C10H6Cl2O4. The van der Waals surface area contributed by atoms with E-state index in [1.807, 2.05) is 0 Å². The fraction of sp³-hybridized carbons (Fsp3) is 0.100. The summed E-state index contributed by atoms with van der Waals surface area (Å²) in [5.41, 5.74) is 0.156. The quantitative estimate of drug-likeness (QED) is 0.512.